The van der Waals surface area contributed by atoms with Gasteiger partial charge < -0.3 is 10.3 Å². The largest absolute Gasteiger partial charge is 0.331 e. The van der Waals surface area contributed by atoms with Crippen LogP contribution in [0.4, 0.5) is 11.8 Å². The number of amides is 2. The standard InChI is InChI=1S/C11H15N7O2/c1-7(2)10(20)14-8-5-18(17-16-8)6-9(19)15-11-12-3-4-13-11/h3-5,7H,6H2,1-2H3,(H,14,20)(H2,12,13,15,19). The molecule has 0 aromatic carbocycles. The van der Waals surface area contributed by atoms with Crippen molar-refractivity contribution in [3.8, 4) is 0 Å². The molecule has 2 aromatic rings. The van der Waals surface area contributed by atoms with Crippen molar-refractivity contribution in [3.63, 3.8) is 0 Å². The Morgan fingerprint density at radius 3 is 2.85 bits per heavy atom. The molecule has 0 spiro atoms. The molecule has 0 bridgehead atoms. The summed E-state index contributed by atoms with van der Waals surface area (Å²) in [6.07, 6.45) is 4.62. The second kappa shape index (κ2) is 5.95. The Labute approximate surface area is 114 Å². The summed E-state index contributed by atoms with van der Waals surface area (Å²) in [5.41, 5.74) is 0. The number of rotatable bonds is 5. The predicted molar refractivity (Wildman–Crippen MR) is 70.7 cm³/mol. The summed E-state index contributed by atoms with van der Waals surface area (Å²) < 4.78 is 1.33. The topological polar surface area (TPSA) is 118 Å². The van der Waals surface area contributed by atoms with Crippen LogP contribution in [0.3, 0.4) is 0 Å². The van der Waals surface area contributed by atoms with Crippen molar-refractivity contribution in [2.75, 3.05) is 10.6 Å². The van der Waals surface area contributed by atoms with Crippen molar-refractivity contribution in [3.05, 3.63) is 18.6 Å². The number of nitrogens with one attached hydrogen (secondary N) is 3. The van der Waals surface area contributed by atoms with Crippen LogP contribution in [0.25, 0.3) is 0 Å². The highest BCUT2D eigenvalue weighted by Gasteiger charge is 2.11. The molecule has 0 atom stereocenters. The summed E-state index contributed by atoms with van der Waals surface area (Å²) in [4.78, 5) is 29.8. The lowest BCUT2D eigenvalue weighted by Crippen LogP contribution is -2.20. The van der Waals surface area contributed by atoms with Gasteiger partial charge in [0, 0.05) is 18.3 Å². The van der Waals surface area contributed by atoms with E-state index in [4.69, 9.17) is 0 Å². The van der Waals surface area contributed by atoms with Gasteiger partial charge in [-0.2, -0.15) is 0 Å². The highest BCUT2D eigenvalue weighted by molar-refractivity contribution is 5.91. The van der Waals surface area contributed by atoms with Gasteiger partial charge in [0.1, 0.15) is 6.54 Å². The maximum Gasteiger partial charge on any atom is 0.248 e. The van der Waals surface area contributed by atoms with E-state index in [1.54, 1.807) is 20.0 Å². The lowest BCUT2D eigenvalue weighted by Gasteiger charge is -2.03. The average Bonchev–Trinajstić information content (AvgIpc) is 3.01. The highest BCUT2D eigenvalue weighted by Crippen LogP contribution is 2.04. The van der Waals surface area contributed by atoms with E-state index in [9.17, 15) is 9.59 Å². The van der Waals surface area contributed by atoms with E-state index < -0.39 is 0 Å². The van der Waals surface area contributed by atoms with Crippen molar-refractivity contribution in [1.29, 1.82) is 0 Å². The lowest BCUT2D eigenvalue weighted by atomic mass is 10.2. The van der Waals surface area contributed by atoms with Crippen LogP contribution in [0.1, 0.15) is 13.8 Å². The van der Waals surface area contributed by atoms with E-state index in [0.717, 1.165) is 0 Å². The number of nitrogens with zero attached hydrogens (tertiary/aromatic N) is 4. The second-order valence-corrected chi connectivity index (χ2v) is 4.43. The van der Waals surface area contributed by atoms with Crippen LogP contribution < -0.4 is 10.6 Å². The van der Waals surface area contributed by atoms with Crippen LogP contribution in [0.2, 0.25) is 0 Å². The zero-order chi connectivity index (χ0) is 14.5. The van der Waals surface area contributed by atoms with E-state index >= 15 is 0 Å². The Morgan fingerprint density at radius 2 is 2.20 bits per heavy atom. The number of imidazole rings is 1. The van der Waals surface area contributed by atoms with Gasteiger partial charge in [-0.1, -0.05) is 19.1 Å². The van der Waals surface area contributed by atoms with Crippen molar-refractivity contribution in [2.24, 2.45) is 5.92 Å². The quantitative estimate of drug-likeness (QED) is 0.723. The molecule has 20 heavy (non-hydrogen) atoms. The summed E-state index contributed by atoms with van der Waals surface area (Å²) in [7, 11) is 0. The Kier molecular flexibility index (Phi) is 4.08. The Morgan fingerprint density at radius 1 is 1.40 bits per heavy atom. The van der Waals surface area contributed by atoms with Gasteiger partial charge in [-0.25, -0.2) is 9.67 Å². The Bertz CT molecular complexity index is 588. The molecular weight excluding hydrogens is 262 g/mol. The summed E-state index contributed by atoms with van der Waals surface area (Å²) in [5, 5.41) is 12.7. The third-order valence-electron chi connectivity index (χ3n) is 2.38. The summed E-state index contributed by atoms with van der Waals surface area (Å²) in [6.45, 7) is 3.53. The van der Waals surface area contributed by atoms with E-state index in [0.29, 0.717) is 11.8 Å². The van der Waals surface area contributed by atoms with Crippen molar-refractivity contribution in [2.45, 2.75) is 20.4 Å². The minimum absolute atomic E-state index is 0.0226. The minimum Gasteiger partial charge on any atom is -0.331 e. The molecule has 0 unspecified atom stereocenters. The van der Waals surface area contributed by atoms with E-state index in [1.165, 1.54) is 17.1 Å². The summed E-state index contributed by atoms with van der Waals surface area (Å²) in [5.74, 6) is 0.0732. The fourth-order valence-electron chi connectivity index (χ4n) is 1.36. The molecule has 0 fully saturated rings. The van der Waals surface area contributed by atoms with Gasteiger partial charge in [-0.05, 0) is 0 Å². The number of hydrogen-bond donors (Lipinski definition) is 3. The molecule has 9 heteroatoms. The molecule has 0 saturated heterocycles. The van der Waals surface area contributed by atoms with Crippen LogP contribution in [0.5, 0.6) is 0 Å². The first-order valence-electron chi connectivity index (χ1n) is 6.05. The third-order valence-corrected chi connectivity index (χ3v) is 2.38. The van der Waals surface area contributed by atoms with Crippen molar-refractivity contribution >= 4 is 23.6 Å². The fraction of sp³-hybridized carbons (Fsp3) is 0.364. The first kappa shape index (κ1) is 13.7. The molecule has 3 N–H and O–H groups in total. The average molecular weight is 277 g/mol. The fourth-order valence-corrected chi connectivity index (χ4v) is 1.36. The summed E-state index contributed by atoms with van der Waals surface area (Å²) >= 11 is 0. The van der Waals surface area contributed by atoms with E-state index in [2.05, 4.69) is 30.9 Å². The van der Waals surface area contributed by atoms with Crippen LogP contribution in [-0.4, -0.2) is 36.8 Å². The van der Waals surface area contributed by atoms with Crippen LogP contribution in [-0.2, 0) is 16.1 Å². The van der Waals surface area contributed by atoms with Crippen molar-refractivity contribution < 1.29 is 9.59 Å². The molecular formula is C11H15N7O2. The molecule has 106 valence electrons. The Hall–Kier alpha value is -2.71. The van der Waals surface area contributed by atoms with Crippen LogP contribution in [0, 0.1) is 5.92 Å². The van der Waals surface area contributed by atoms with E-state index in [1.807, 2.05) is 0 Å². The highest BCUT2D eigenvalue weighted by atomic mass is 16.2. The summed E-state index contributed by atoms with van der Waals surface area (Å²) in [6, 6.07) is 0. The van der Waals surface area contributed by atoms with Gasteiger partial charge in [0.2, 0.25) is 17.8 Å². The van der Waals surface area contributed by atoms with E-state index in [-0.39, 0.29) is 24.3 Å². The maximum atomic E-state index is 11.7. The van der Waals surface area contributed by atoms with Crippen LogP contribution >= 0.6 is 0 Å². The number of aromatic amines is 1. The van der Waals surface area contributed by atoms with Crippen molar-refractivity contribution in [1.82, 2.24) is 25.0 Å². The molecule has 9 nitrogen and oxygen atoms in total. The number of carbonyl (C=O) groups is 2. The normalized spacial score (nSPS) is 10.6. The maximum absolute atomic E-state index is 11.7. The number of hydrogen-bond acceptors (Lipinski definition) is 5. The minimum atomic E-state index is -0.299. The van der Waals surface area contributed by atoms with Gasteiger partial charge in [0.15, 0.2) is 5.82 Å². The molecule has 2 heterocycles. The molecule has 0 aliphatic rings. The smallest absolute Gasteiger partial charge is 0.248 e. The first-order chi connectivity index (χ1) is 9.54. The number of carbonyl (C=O) groups excluding carboxylic acids is 2. The first-order valence-corrected chi connectivity index (χ1v) is 6.05. The lowest BCUT2D eigenvalue weighted by molar-refractivity contribution is -0.119. The molecule has 0 radical (unpaired) electrons. The third kappa shape index (κ3) is 3.64. The van der Waals surface area contributed by atoms with Gasteiger partial charge in [-0.15, -0.1) is 5.10 Å². The monoisotopic (exact) mass is 277 g/mol. The van der Waals surface area contributed by atoms with Gasteiger partial charge in [0.05, 0.1) is 6.20 Å². The Balaban J connectivity index is 1.89. The molecule has 0 aliphatic carbocycles. The molecule has 2 aromatic heterocycles. The van der Waals surface area contributed by atoms with Gasteiger partial charge in [0.25, 0.3) is 0 Å². The van der Waals surface area contributed by atoms with Crippen LogP contribution in [0.15, 0.2) is 18.6 Å². The van der Waals surface area contributed by atoms with Gasteiger partial charge >= 0.3 is 0 Å². The number of H-pyrrole nitrogens is 1. The molecule has 2 rings (SSSR count). The SMILES string of the molecule is CC(C)C(=O)Nc1cn(CC(=O)Nc2ncc[nH]2)nn1. The van der Waals surface area contributed by atoms with Gasteiger partial charge in [-0.3, -0.25) is 14.9 Å². The zero-order valence-corrected chi connectivity index (χ0v) is 11.1. The number of anilines is 2. The molecule has 0 saturated carbocycles. The predicted octanol–water partition coefficient (Wildman–Crippen LogP) is 0.234. The second-order valence-electron chi connectivity index (χ2n) is 4.43. The number of aromatic nitrogens is 5. The zero-order valence-electron chi connectivity index (χ0n) is 11.1. The molecule has 0 aliphatic heterocycles. The molecule has 2 amide bonds.